The Bertz CT molecular complexity index is 950. The molecular formula is C22H30N2O3S. The van der Waals surface area contributed by atoms with Crippen molar-refractivity contribution >= 4 is 21.6 Å². The number of carbonyl (C=O) groups is 1. The minimum Gasteiger partial charge on any atom is -0.346 e. The maximum atomic E-state index is 12.7. The topological polar surface area (TPSA) is 66.5 Å². The molecule has 0 saturated carbocycles. The number of carbonyl (C=O) groups excluding carboxylic acids is 1. The van der Waals surface area contributed by atoms with Crippen molar-refractivity contribution in [1.29, 1.82) is 0 Å². The molecule has 0 heterocycles. The number of rotatable bonds is 7. The number of hydrogen-bond acceptors (Lipinski definition) is 3. The van der Waals surface area contributed by atoms with Crippen molar-refractivity contribution in [2.75, 3.05) is 16.6 Å². The highest BCUT2D eigenvalue weighted by atomic mass is 32.2. The number of hydrogen-bond donors (Lipinski definition) is 1. The zero-order chi connectivity index (χ0) is 21.1. The van der Waals surface area contributed by atoms with Crippen LogP contribution >= 0.6 is 0 Å². The van der Waals surface area contributed by atoms with E-state index in [1.165, 1.54) is 15.4 Å². The Morgan fingerprint density at radius 1 is 1.00 bits per heavy atom. The minimum absolute atomic E-state index is 0.0376. The van der Waals surface area contributed by atoms with Gasteiger partial charge in [-0.2, -0.15) is 0 Å². The van der Waals surface area contributed by atoms with Gasteiger partial charge in [0.1, 0.15) is 0 Å². The second kappa shape index (κ2) is 8.78. The maximum Gasteiger partial charge on any atom is 0.251 e. The summed E-state index contributed by atoms with van der Waals surface area (Å²) in [6, 6.07) is 10.8. The average molecular weight is 403 g/mol. The van der Waals surface area contributed by atoms with Crippen molar-refractivity contribution in [2.24, 2.45) is 0 Å². The summed E-state index contributed by atoms with van der Waals surface area (Å²) in [7, 11) is -3.33. The Balaban J connectivity index is 2.18. The first-order chi connectivity index (χ1) is 13.1. The van der Waals surface area contributed by atoms with Gasteiger partial charge in [-0.25, -0.2) is 8.42 Å². The molecule has 0 radical (unpaired) electrons. The Labute approximate surface area is 168 Å². The van der Waals surface area contributed by atoms with Gasteiger partial charge in [-0.05, 0) is 88.1 Å². The van der Waals surface area contributed by atoms with Crippen LogP contribution < -0.4 is 9.62 Å². The van der Waals surface area contributed by atoms with Crippen molar-refractivity contribution in [1.82, 2.24) is 5.32 Å². The molecule has 0 aromatic heterocycles. The zero-order valence-corrected chi connectivity index (χ0v) is 18.4. The van der Waals surface area contributed by atoms with E-state index in [-0.39, 0.29) is 17.7 Å². The van der Waals surface area contributed by atoms with Crippen LogP contribution in [-0.4, -0.2) is 26.6 Å². The predicted octanol–water partition coefficient (Wildman–Crippen LogP) is 4.28. The molecule has 0 aliphatic heterocycles. The molecular weight excluding hydrogens is 372 g/mol. The third-order valence-electron chi connectivity index (χ3n) is 5.10. The van der Waals surface area contributed by atoms with Crippen LogP contribution in [0.15, 0.2) is 36.4 Å². The molecule has 0 bridgehead atoms. The summed E-state index contributed by atoms with van der Waals surface area (Å²) in [5, 5.41) is 3.03. The van der Waals surface area contributed by atoms with Crippen molar-refractivity contribution in [3.63, 3.8) is 0 Å². The van der Waals surface area contributed by atoms with Crippen LogP contribution in [0, 0.1) is 20.8 Å². The van der Waals surface area contributed by atoms with Gasteiger partial charge in [0.15, 0.2) is 0 Å². The first kappa shape index (κ1) is 22.0. The van der Waals surface area contributed by atoms with Crippen LogP contribution in [0.25, 0.3) is 0 Å². The molecule has 1 amide bonds. The normalized spacial score (nSPS) is 12.5. The third-order valence-corrected chi connectivity index (χ3v) is 6.97. The number of aryl methyl sites for hydroxylation is 3. The zero-order valence-electron chi connectivity index (χ0n) is 17.5. The van der Waals surface area contributed by atoms with Gasteiger partial charge in [0.2, 0.25) is 10.0 Å². The summed E-state index contributed by atoms with van der Waals surface area (Å²) in [6.07, 6.45) is 0. The maximum absolute atomic E-state index is 12.7. The summed E-state index contributed by atoms with van der Waals surface area (Å²) >= 11 is 0. The third kappa shape index (κ3) is 4.73. The number of benzene rings is 2. The van der Waals surface area contributed by atoms with Crippen molar-refractivity contribution in [3.8, 4) is 0 Å². The number of nitrogens with one attached hydrogen (secondary N) is 1. The summed E-state index contributed by atoms with van der Waals surface area (Å²) < 4.78 is 25.7. The molecule has 0 spiro atoms. The number of amides is 1. The van der Waals surface area contributed by atoms with E-state index in [0.717, 1.165) is 11.1 Å². The van der Waals surface area contributed by atoms with Crippen LogP contribution in [0.1, 0.15) is 59.4 Å². The Kier molecular flexibility index (Phi) is 6.88. The summed E-state index contributed by atoms with van der Waals surface area (Å²) in [6.45, 7) is 11.9. The van der Waals surface area contributed by atoms with Gasteiger partial charge in [-0.1, -0.05) is 12.1 Å². The van der Waals surface area contributed by atoms with E-state index >= 15 is 0 Å². The molecule has 2 aromatic carbocycles. The van der Waals surface area contributed by atoms with E-state index in [1.54, 1.807) is 38.1 Å². The van der Waals surface area contributed by atoms with Crippen molar-refractivity contribution in [3.05, 3.63) is 64.2 Å². The van der Waals surface area contributed by atoms with Gasteiger partial charge in [-0.3, -0.25) is 9.10 Å². The standard InChI is InChI=1S/C22H30N2O3S/c1-7-24(28(26,27)8-2)20-11-9-19(10-12-20)22(25)23-18(6)21-14-16(4)15(3)13-17(21)5/h9-14,18H,7-8H2,1-6H3,(H,23,25). The highest BCUT2D eigenvalue weighted by molar-refractivity contribution is 7.92. The SMILES string of the molecule is CCN(c1ccc(C(=O)NC(C)c2cc(C)c(C)cc2C)cc1)S(=O)(=O)CC. The minimum atomic E-state index is -3.33. The van der Waals surface area contributed by atoms with Gasteiger partial charge >= 0.3 is 0 Å². The lowest BCUT2D eigenvalue weighted by Gasteiger charge is -2.22. The molecule has 5 nitrogen and oxygen atoms in total. The lowest BCUT2D eigenvalue weighted by Crippen LogP contribution is -2.32. The fourth-order valence-electron chi connectivity index (χ4n) is 3.28. The second-order valence-corrected chi connectivity index (χ2v) is 9.28. The van der Waals surface area contributed by atoms with Gasteiger partial charge < -0.3 is 5.32 Å². The fraction of sp³-hybridized carbons (Fsp3) is 0.409. The first-order valence-electron chi connectivity index (χ1n) is 9.59. The number of anilines is 1. The molecule has 0 aliphatic rings. The lowest BCUT2D eigenvalue weighted by atomic mass is 9.96. The molecule has 2 rings (SSSR count). The number of nitrogens with zero attached hydrogens (tertiary/aromatic N) is 1. The molecule has 1 atom stereocenters. The summed E-state index contributed by atoms with van der Waals surface area (Å²) in [5.74, 6) is -0.145. The van der Waals surface area contributed by atoms with E-state index in [1.807, 2.05) is 13.8 Å². The Hall–Kier alpha value is -2.34. The highest BCUT2D eigenvalue weighted by Crippen LogP contribution is 2.23. The van der Waals surface area contributed by atoms with Crippen LogP contribution in [0.3, 0.4) is 0 Å². The quantitative estimate of drug-likeness (QED) is 0.752. The Morgan fingerprint density at radius 3 is 2.11 bits per heavy atom. The van der Waals surface area contributed by atoms with E-state index in [2.05, 4.69) is 31.3 Å². The Morgan fingerprint density at radius 2 is 1.57 bits per heavy atom. The van der Waals surface area contributed by atoms with Crippen LogP contribution in [0.5, 0.6) is 0 Å². The molecule has 1 unspecified atom stereocenters. The van der Waals surface area contributed by atoms with Crippen molar-refractivity contribution in [2.45, 2.75) is 47.6 Å². The van der Waals surface area contributed by atoms with E-state index in [9.17, 15) is 13.2 Å². The molecule has 28 heavy (non-hydrogen) atoms. The molecule has 6 heteroatoms. The smallest absolute Gasteiger partial charge is 0.251 e. The van der Waals surface area contributed by atoms with Gasteiger partial charge in [0.25, 0.3) is 5.91 Å². The van der Waals surface area contributed by atoms with Gasteiger partial charge in [-0.15, -0.1) is 0 Å². The van der Waals surface area contributed by atoms with Crippen LogP contribution in [0.4, 0.5) is 5.69 Å². The summed E-state index contributed by atoms with van der Waals surface area (Å²) in [4.78, 5) is 12.7. The highest BCUT2D eigenvalue weighted by Gasteiger charge is 2.19. The van der Waals surface area contributed by atoms with Crippen LogP contribution in [0.2, 0.25) is 0 Å². The lowest BCUT2D eigenvalue weighted by molar-refractivity contribution is 0.0940. The number of sulfonamides is 1. The predicted molar refractivity (Wildman–Crippen MR) is 115 cm³/mol. The van der Waals surface area contributed by atoms with E-state index in [4.69, 9.17) is 0 Å². The second-order valence-electron chi connectivity index (χ2n) is 7.10. The molecule has 0 aliphatic carbocycles. The monoisotopic (exact) mass is 402 g/mol. The molecule has 1 N–H and O–H groups in total. The first-order valence-corrected chi connectivity index (χ1v) is 11.2. The fourth-order valence-corrected chi connectivity index (χ4v) is 4.43. The molecule has 0 saturated heterocycles. The van der Waals surface area contributed by atoms with E-state index < -0.39 is 10.0 Å². The average Bonchev–Trinajstić information content (AvgIpc) is 2.65. The summed E-state index contributed by atoms with van der Waals surface area (Å²) in [5.41, 5.74) is 5.75. The van der Waals surface area contributed by atoms with E-state index in [0.29, 0.717) is 17.8 Å². The largest absolute Gasteiger partial charge is 0.346 e. The van der Waals surface area contributed by atoms with Crippen molar-refractivity contribution < 1.29 is 13.2 Å². The van der Waals surface area contributed by atoms with Gasteiger partial charge in [0, 0.05) is 12.1 Å². The molecule has 152 valence electrons. The van der Waals surface area contributed by atoms with Crippen LogP contribution in [-0.2, 0) is 10.0 Å². The molecule has 2 aromatic rings. The van der Waals surface area contributed by atoms with Gasteiger partial charge in [0.05, 0.1) is 17.5 Å². The molecule has 0 fully saturated rings.